The first-order valence-corrected chi connectivity index (χ1v) is 5.42. The van der Waals surface area contributed by atoms with E-state index < -0.39 is 5.82 Å². The fourth-order valence-electron chi connectivity index (χ4n) is 1.95. The molecule has 0 saturated carbocycles. The second-order valence-electron chi connectivity index (χ2n) is 3.90. The molecule has 3 nitrogen and oxygen atoms in total. The number of hydrogen-bond acceptors (Lipinski definition) is 2. The van der Waals surface area contributed by atoms with Crippen molar-refractivity contribution >= 4 is 10.9 Å². The van der Waals surface area contributed by atoms with E-state index >= 15 is 0 Å². The van der Waals surface area contributed by atoms with Crippen molar-refractivity contribution < 1.29 is 4.39 Å². The molecule has 0 spiro atoms. The minimum Gasteiger partial charge on any atom is -0.365 e. The van der Waals surface area contributed by atoms with Gasteiger partial charge in [-0.1, -0.05) is 6.07 Å². The molecule has 0 unspecified atom stereocenters. The summed E-state index contributed by atoms with van der Waals surface area (Å²) in [5.74, 6) is -0.434. The Labute approximate surface area is 103 Å². The van der Waals surface area contributed by atoms with E-state index in [1.165, 1.54) is 12.1 Å². The summed E-state index contributed by atoms with van der Waals surface area (Å²) < 4.78 is 13.8. The lowest BCUT2D eigenvalue weighted by Crippen LogP contribution is -1.92. The summed E-state index contributed by atoms with van der Waals surface area (Å²) in [6.45, 7) is 0. The monoisotopic (exact) mass is 237 g/mol. The van der Waals surface area contributed by atoms with Crippen LogP contribution in [0.15, 0.2) is 42.7 Å². The van der Waals surface area contributed by atoms with Gasteiger partial charge < -0.3 is 4.98 Å². The molecule has 0 radical (unpaired) electrons. The zero-order valence-corrected chi connectivity index (χ0v) is 9.31. The molecule has 3 aromatic rings. The predicted molar refractivity (Wildman–Crippen MR) is 66.2 cm³/mol. The average molecular weight is 237 g/mol. The van der Waals surface area contributed by atoms with Crippen LogP contribution >= 0.6 is 0 Å². The van der Waals surface area contributed by atoms with Gasteiger partial charge in [0.1, 0.15) is 5.82 Å². The van der Waals surface area contributed by atoms with Crippen LogP contribution in [0.1, 0.15) is 5.56 Å². The lowest BCUT2D eigenvalue weighted by molar-refractivity contribution is 0.630. The smallest absolute Gasteiger partial charge is 0.133 e. The maximum absolute atomic E-state index is 13.8. The lowest BCUT2D eigenvalue weighted by Gasteiger charge is -2.04. The fourth-order valence-corrected chi connectivity index (χ4v) is 1.95. The standard InChI is InChI=1S/C14H8FN3/c15-11-3-1-2-9(6-16)14(11)12-5-4-10-7-17-8-13(10)18-12/h1-5,7-8,17H. The molecule has 1 aromatic carbocycles. The molecule has 0 atom stereocenters. The number of nitriles is 1. The SMILES string of the molecule is N#Cc1cccc(F)c1-c1ccc2c[nH]cc2n1. The van der Waals surface area contributed by atoms with Crippen LogP contribution in [0.3, 0.4) is 0 Å². The van der Waals surface area contributed by atoms with E-state index in [4.69, 9.17) is 5.26 Å². The molecule has 0 fully saturated rings. The molecule has 2 aromatic heterocycles. The van der Waals surface area contributed by atoms with Crippen molar-refractivity contribution in [3.05, 3.63) is 54.1 Å². The van der Waals surface area contributed by atoms with Gasteiger partial charge in [-0.2, -0.15) is 5.26 Å². The molecule has 2 heterocycles. The Morgan fingerprint density at radius 2 is 2.06 bits per heavy atom. The summed E-state index contributed by atoms with van der Waals surface area (Å²) in [6.07, 6.45) is 3.56. The van der Waals surface area contributed by atoms with Crippen LogP contribution in [-0.2, 0) is 0 Å². The van der Waals surface area contributed by atoms with Crippen LogP contribution in [0.5, 0.6) is 0 Å². The van der Waals surface area contributed by atoms with Crippen LogP contribution in [0, 0.1) is 17.1 Å². The predicted octanol–water partition coefficient (Wildman–Crippen LogP) is 3.24. The summed E-state index contributed by atoms with van der Waals surface area (Å²) in [5.41, 5.74) is 1.76. The van der Waals surface area contributed by atoms with Gasteiger partial charge in [-0.25, -0.2) is 9.37 Å². The molecule has 4 heteroatoms. The number of nitrogens with one attached hydrogen (secondary N) is 1. The number of aromatic nitrogens is 2. The summed E-state index contributed by atoms with van der Waals surface area (Å²) in [4.78, 5) is 7.29. The Balaban J connectivity index is 2.29. The van der Waals surface area contributed by atoms with Crippen molar-refractivity contribution in [2.75, 3.05) is 0 Å². The zero-order chi connectivity index (χ0) is 12.5. The minimum absolute atomic E-state index is 0.253. The first-order chi connectivity index (χ1) is 8.79. The molecule has 0 aliphatic rings. The van der Waals surface area contributed by atoms with E-state index in [9.17, 15) is 4.39 Å². The molecule has 0 bridgehead atoms. The minimum atomic E-state index is -0.434. The summed E-state index contributed by atoms with van der Waals surface area (Å²) in [6, 6.07) is 9.99. The number of nitrogens with zero attached hydrogens (tertiary/aromatic N) is 2. The van der Waals surface area contributed by atoms with Crippen molar-refractivity contribution in [1.29, 1.82) is 5.26 Å². The number of fused-ring (bicyclic) bond motifs is 1. The van der Waals surface area contributed by atoms with Crippen molar-refractivity contribution in [3.63, 3.8) is 0 Å². The molecular weight excluding hydrogens is 229 g/mol. The van der Waals surface area contributed by atoms with E-state index in [0.29, 0.717) is 5.69 Å². The van der Waals surface area contributed by atoms with Gasteiger partial charge in [0.05, 0.1) is 28.4 Å². The summed E-state index contributed by atoms with van der Waals surface area (Å²) in [5, 5.41) is 9.98. The summed E-state index contributed by atoms with van der Waals surface area (Å²) in [7, 11) is 0. The molecule has 18 heavy (non-hydrogen) atoms. The largest absolute Gasteiger partial charge is 0.365 e. The number of pyridine rings is 1. The Morgan fingerprint density at radius 1 is 1.17 bits per heavy atom. The Hall–Kier alpha value is -2.67. The second kappa shape index (κ2) is 3.97. The molecule has 0 aliphatic carbocycles. The van der Waals surface area contributed by atoms with Gasteiger partial charge in [0.25, 0.3) is 0 Å². The lowest BCUT2D eigenvalue weighted by atomic mass is 10.0. The Bertz CT molecular complexity index is 768. The number of hydrogen-bond donors (Lipinski definition) is 1. The molecular formula is C14H8FN3. The van der Waals surface area contributed by atoms with Gasteiger partial charge in [-0.05, 0) is 24.3 Å². The van der Waals surface area contributed by atoms with Crippen molar-refractivity contribution in [2.24, 2.45) is 0 Å². The first kappa shape index (κ1) is 10.5. The average Bonchev–Trinajstić information content (AvgIpc) is 2.85. The number of halogens is 1. The number of aromatic amines is 1. The van der Waals surface area contributed by atoms with Gasteiger partial charge in [-0.3, -0.25) is 0 Å². The van der Waals surface area contributed by atoms with Crippen LogP contribution in [-0.4, -0.2) is 9.97 Å². The van der Waals surface area contributed by atoms with E-state index in [0.717, 1.165) is 10.9 Å². The van der Waals surface area contributed by atoms with Crippen LogP contribution in [0.4, 0.5) is 4.39 Å². The number of benzene rings is 1. The second-order valence-corrected chi connectivity index (χ2v) is 3.90. The van der Waals surface area contributed by atoms with Gasteiger partial charge in [0.2, 0.25) is 0 Å². The maximum atomic E-state index is 13.8. The van der Waals surface area contributed by atoms with Crippen LogP contribution in [0.25, 0.3) is 22.2 Å². The topological polar surface area (TPSA) is 52.5 Å². The van der Waals surface area contributed by atoms with Gasteiger partial charge in [0, 0.05) is 17.8 Å². The van der Waals surface area contributed by atoms with Gasteiger partial charge in [-0.15, -0.1) is 0 Å². The quantitative estimate of drug-likeness (QED) is 0.706. The molecule has 86 valence electrons. The third-order valence-corrected chi connectivity index (χ3v) is 2.81. The maximum Gasteiger partial charge on any atom is 0.133 e. The van der Waals surface area contributed by atoms with Gasteiger partial charge >= 0.3 is 0 Å². The van der Waals surface area contributed by atoms with Crippen LogP contribution < -0.4 is 0 Å². The van der Waals surface area contributed by atoms with E-state index in [1.807, 2.05) is 18.3 Å². The highest BCUT2D eigenvalue weighted by Crippen LogP contribution is 2.26. The zero-order valence-electron chi connectivity index (χ0n) is 9.31. The van der Waals surface area contributed by atoms with E-state index in [-0.39, 0.29) is 11.1 Å². The first-order valence-electron chi connectivity index (χ1n) is 5.42. The third kappa shape index (κ3) is 1.54. The molecule has 3 rings (SSSR count). The highest BCUT2D eigenvalue weighted by molar-refractivity contribution is 5.82. The molecule has 0 saturated heterocycles. The molecule has 0 amide bonds. The molecule has 0 aliphatic heterocycles. The third-order valence-electron chi connectivity index (χ3n) is 2.81. The number of H-pyrrole nitrogens is 1. The normalized spacial score (nSPS) is 10.4. The van der Waals surface area contributed by atoms with Gasteiger partial charge in [0.15, 0.2) is 0 Å². The van der Waals surface area contributed by atoms with E-state index in [2.05, 4.69) is 9.97 Å². The van der Waals surface area contributed by atoms with Crippen molar-refractivity contribution in [2.45, 2.75) is 0 Å². The highest BCUT2D eigenvalue weighted by atomic mass is 19.1. The van der Waals surface area contributed by atoms with Crippen LogP contribution in [0.2, 0.25) is 0 Å². The van der Waals surface area contributed by atoms with E-state index in [1.54, 1.807) is 18.3 Å². The number of rotatable bonds is 1. The Kier molecular flexibility index (Phi) is 2.31. The fraction of sp³-hybridized carbons (Fsp3) is 0. The van der Waals surface area contributed by atoms with Crippen molar-refractivity contribution in [1.82, 2.24) is 9.97 Å². The molecule has 1 N–H and O–H groups in total. The van der Waals surface area contributed by atoms with Crippen molar-refractivity contribution in [3.8, 4) is 17.3 Å². The highest BCUT2D eigenvalue weighted by Gasteiger charge is 2.12. The summed E-state index contributed by atoms with van der Waals surface area (Å²) >= 11 is 0. The Morgan fingerprint density at radius 3 is 2.89 bits per heavy atom.